The van der Waals surface area contributed by atoms with E-state index in [1.54, 1.807) is 42.5 Å². The second-order valence-electron chi connectivity index (χ2n) is 8.95. The van der Waals surface area contributed by atoms with Crippen LogP contribution in [0.25, 0.3) is 17.4 Å². The smallest absolute Gasteiger partial charge is 0.337 e. The highest BCUT2D eigenvalue weighted by Crippen LogP contribution is 2.35. The van der Waals surface area contributed by atoms with Gasteiger partial charge in [-0.3, -0.25) is 9.36 Å². The minimum absolute atomic E-state index is 0.0184. The van der Waals surface area contributed by atoms with E-state index in [0.29, 0.717) is 56.7 Å². The molecule has 1 atom stereocenters. The maximum Gasteiger partial charge on any atom is 0.337 e. The molecule has 10 nitrogen and oxygen atoms in total. The molecule has 1 N–H and O–H groups in total. The summed E-state index contributed by atoms with van der Waals surface area (Å²) in [6.07, 6.45) is 3.00. The lowest BCUT2D eigenvalue weighted by molar-refractivity contribution is -0.136. The van der Waals surface area contributed by atoms with Gasteiger partial charge in [-0.05, 0) is 55.8 Å². The molecule has 2 aromatic heterocycles. The summed E-state index contributed by atoms with van der Waals surface area (Å²) in [4.78, 5) is 42.6. The number of nitrogens with zero attached hydrogens (tertiary/aromatic N) is 2. The van der Waals surface area contributed by atoms with Crippen LogP contribution in [0.2, 0.25) is 5.02 Å². The van der Waals surface area contributed by atoms with E-state index in [9.17, 15) is 19.5 Å². The van der Waals surface area contributed by atoms with Crippen molar-refractivity contribution >= 4 is 41.0 Å². The number of carbonyl (C=O) groups excluding carboxylic acids is 1. The SMILES string of the molecule is CCOc1ccc([C@H]2C(C(=O)OC)=CN=c3s/c(=C\c4ccc(-c5ccc(C(=O)O)c(Cl)c5)o4)c(=O)n32)cc1OCC. The first-order chi connectivity index (χ1) is 20.2. The van der Waals surface area contributed by atoms with Gasteiger partial charge < -0.3 is 23.7 Å². The normalized spacial score (nSPS) is 14.5. The van der Waals surface area contributed by atoms with Gasteiger partial charge >= 0.3 is 11.9 Å². The summed E-state index contributed by atoms with van der Waals surface area (Å²) in [5, 5.41) is 9.30. The number of thiazole rings is 1. The van der Waals surface area contributed by atoms with E-state index in [-0.39, 0.29) is 21.7 Å². The summed E-state index contributed by atoms with van der Waals surface area (Å²) in [5.74, 6) is 0.114. The van der Waals surface area contributed by atoms with Crippen molar-refractivity contribution in [1.29, 1.82) is 0 Å². The van der Waals surface area contributed by atoms with Gasteiger partial charge in [-0.25, -0.2) is 14.6 Å². The van der Waals surface area contributed by atoms with E-state index in [4.69, 9.17) is 30.2 Å². The number of carbonyl (C=O) groups is 2. The van der Waals surface area contributed by atoms with Gasteiger partial charge in [0.2, 0.25) is 0 Å². The van der Waals surface area contributed by atoms with Crippen LogP contribution in [0.3, 0.4) is 0 Å². The zero-order chi connectivity index (χ0) is 30.0. The number of fused-ring (bicyclic) bond motifs is 1. The van der Waals surface area contributed by atoms with Crippen LogP contribution in [0, 0.1) is 0 Å². The van der Waals surface area contributed by atoms with Crippen molar-refractivity contribution in [3.63, 3.8) is 0 Å². The third-order valence-corrected chi connectivity index (χ3v) is 7.70. The summed E-state index contributed by atoms with van der Waals surface area (Å²) in [7, 11) is 1.27. The molecule has 0 saturated carbocycles. The molecule has 0 radical (unpaired) electrons. The molecule has 42 heavy (non-hydrogen) atoms. The van der Waals surface area contributed by atoms with Crippen LogP contribution in [0.1, 0.15) is 41.6 Å². The lowest BCUT2D eigenvalue weighted by Gasteiger charge is -2.23. The highest BCUT2D eigenvalue weighted by atomic mass is 35.5. The largest absolute Gasteiger partial charge is 0.490 e. The number of hydrogen-bond acceptors (Lipinski definition) is 9. The lowest BCUT2D eigenvalue weighted by atomic mass is 9.97. The van der Waals surface area contributed by atoms with Gasteiger partial charge in [0.1, 0.15) is 11.5 Å². The Balaban J connectivity index is 1.58. The highest BCUT2D eigenvalue weighted by Gasteiger charge is 2.31. The minimum Gasteiger partial charge on any atom is -0.490 e. The molecule has 12 heteroatoms. The van der Waals surface area contributed by atoms with E-state index < -0.39 is 18.0 Å². The first-order valence-corrected chi connectivity index (χ1v) is 14.1. The fourth-order valence-electron chi connectivity index (χ4n) is 4.54. The number of furan rings is 1. The molecule has 0 bridgehead atoms. The van der Waals surface area contributed by atoms with Crippen molar-refractivity contribution in [2.45, 2.75) is 19.9 Å². The summed E-state index contributed by atoms with van der Waals surface area (Å²) >= 11 is 7.26. The molecule has 1 aliphatic heterocycles. The summed E-state index contributed by atoms with van der Waals surface area (Å²) in [6.45, 7) is 4.56. The van der Waals surface area contributed by atoms with Gasteiger partial charge in [-0.1, -0.05) is 35.1 Å². The van der Waals surface area contributed by atoms with Crippen molar-refractivity contribution in [3.8, 4) is 22.8 Å². The fourth-order valence-corrected chi connectivity index (χ4v) is 5.75. The number of hydrogen-bond donors (Lipinski definition) is 1. The standard InChI is InChI=1S/C30H25ClN2O8S/c1-4-39-23-10-7-17(13-24(23)40-5-2)26-20(29(37)38-3)15-32-30-33(26)27(34)25(42-30)14-18-8-11-22(41-18)16-6-9-19(28(35)36)21(31)12-16/h6-15,26H,4-5H2,1-3H3,(H,35,36)/b25-14-/t26-/m0/s1. The Morgan fingerprint density at radius 1 is 1.10 bits per heavy atom. The monoisotopic (exact) mass is 608 g/mol. The Morgan fingerprint density at radius 2 is 1.86 bits per heavy atom. The van der Waals surface area contributed by atoms with Crippen LogP contribution in [-0.4, -0.2) is 41.9 Å². The maximum absolute atomic E-state index is 13.8. The quantitative estimate of drug-likeness (QED) is 0.276. The van der Waals surface area contributed by atoms with Crippen LogP contribution in [0.5, 0.6) is 11.5 Å². The number of carboxylic acid groups (broad SMARTS) is 1. The van der Waals surface area contributed by atoms with Crippen molar-refractivity contribution < 1.29 is 33.3 Å². The van der Waals surface area contributed by atoms with Gasteiger partial charge in [0.15, 0.2) is 16.3 Å². The molecule has 1 aliphatic rings. The first kappa shape index (κ1) is 28.9. The number of methoxy groups -OCH3 is 1. The van der Waals surface area contributed by atoms with Gasteiger partial charge in [-0.15, -0.1) is 0 Å². The number of halogens is 1. The van der Waals surface area contributed by atoms with Gasteiger partial charge in [0.05, 0.1) is 47.1 Å². The third kappa shape index (κ3) is 5.48. The van der Waals surface area contributed by atoms with E-state index in [1.807, 2.05) is 13.8 Å². The number of aromatic nitrogens is 1. The summed E-state index contributed by atoms with van der Waals surface area (Å²) in [6, 6.07) is 12.3. The average molecular weight is 609 g/mol. The Labute approximate surface area is 248 Å². The van der Waals surface area contributed by atoms with Crippen molar-refractivity contribution in [2.24, 2.45) is 4.99 Å². The zero-order valence-electron chi connectivity index (χ0n) is 22.8. The summed E-state index contributed by atoms with van der Waals surface area (Å²) in [5.41, 5.74) is 0.981. The average Bonchev–Trinajstić information content (AvgIpc) is 3.57. The Hall–Kier alpha value is -4.61. The van der Waals surface area contributed by atoms with Crippen LogP contribution < -0.4 is 24.4 Å². The number of carboxylic acids is 1. The third-order valence-electron chi connectivity index (χ3n) is 6.39. The molecule has 0 amide bonds. The highest BCUT2D eigenvalue weighted by molar-refractivity contribution is 7.07. The van der Waals surface area contributed by atoms with Gasteiger partial charge in [-0.2, -0.15) is 0 Å². The lowest BCUT2D eigenvalue weighted by Crippen LogP contribution is -2.39. The molecule has 4 aromatic rings. The second-order valence-corrected chi connectivity index (χ2v) is 10.4. The minimum atomic E-state index is -1.13. The Morgan fingerprint density at radius 3 is 2.55 bits per heavy atom. The Kier molecular flexibility index (Phi) is 8.32. The van der Waals surface area contributed by atoms with E-state index >= 15 is 0 Å². The van der Waals surface area contributed by atoms with E-state index in [2.05, 4.69) is 4.99 Å². The molecular formula is C30H25ClN2O8S. The predicted octanol–water partition coefficient (Wildman–Crippen LogP) is 4.43. The number of rotatable bonds is 9. The first-order valence-electron chi connectivity index (χ1n) is 12.9. The molecule has 0 saturated heterocycles. The van der Waals surface area contributed by atoms with Crippen molar-refractivity contribution in [3.05, 3.63) is 102 Å². The molecule has 0 aliphatic carbocycles. The molecule has 0 unspecified atom stereocenters. The predicted molar refractivity (Wildman–Crippen MR) is 156 cm³/mol. The van der Waals surface area contributed by atoms with Crippen LogP contribution in [-0.2, 0) is 9.53 Å². The Bertz CT molecular complexity index is 1900. The fraction of sp³-hybridized carbons (Fsp3) is 0.200. The van der Waals surface area contributed by atoms with Crippen LogP contribution in [0.4, 0.5) is 0 Å². The molecule has 216 valence electrons. The maximum atomic E-state index is 13.8. The molecular weight excluding hydrogens is 584 g/mol. The molecule has 0 fully saturated rings. The van der Waals surface area contributed by atoms with Crippen molar-refractivity contribution in [2.75, 3.05) is 20.3 Å². The van der Waals surface area contributed by atoms with E-state index in [1.165, 1.54) is 30.0 Å². The van der Waals surface area contributed by atoms with Gasteiger partial charge in [0.25, 0.3) is 5.56 Å². The van der Waals surface area contributed by atoms with Crippen molar-refractivity contribution in [1.82, 2.24) is 4.57 Å². The zero-order valence-corrected chi connectivity index (χ0v) is 24.3. The molecule has 5 rings (SSSR count). The molecule has 2 aromatic carbocycles. The number of aromatic carboxylic acids is 1. The number of esters is 1. The van der Waals surface area contributed by atoms with E-state index in [0.717, 1.165) is 11.3 Å². The van der Waals surface area contributed by atoms with Gasteiger partial charge in [0, 0.05) is 17.8 Å². The topological polar surface area (TPSA) is 130 Å². The molecule has 0 spiro atoms. The summed E-state index contributed by atoms with van der Waals surface area (Å²) < 4.78 is 24.2. The second kappa shape index (κ2) is 12.1. The number of ether oxygens (including phenoxy) is 3. The number of benzene rings is 2. The van der Waals surface area contributed by atoms with Crippen LogP contribution in [0.15, 0.2) is 74.5 Å². The van der Waals surface area contributed by atoms with Crippen LogP contribution >= 0.6 is 22.9 Å². The molecule has 3 heterocycles.